The van der Waals surface area contributed by atoms with E-state index >= 15 is 0 Å². The Labute approximate surface area is 220 Å². The summed E-state index contributed by atoms with van der Waals surface area (Å²) < 4.78 is 5.39. The monoisotopic (exact) mass is 499 g/mol. The Morgan fingerprint density at radius 2 is 1.35 bits per heavy atom. The average molecular weight is 500 g/mol. The molecule has 1 saturated heterocycles. The predicted octanol–water partition coefficient (Wildman–Crippen LogP) is 4.25. The molecule has 2 amide bonds. The first-order chi connectivity index (χ1) is 18.1. The third-order valence-electron chi connectivity index (χ3n) is 6.98. The molecule has 3 aromatic carbocycles. The number of carbonyl (C=O) groups is 2. The number of benzene rings is 3. The molecule has 6 heteroatoms. The van der Waals surface area contributed by atoms with Crippen LogP contribution in [0.2, 0.25) is 0 Å². The number of hydrogen-bond acceptors (Lipinski definition) is 4. The standard InChI is InChI=1S/C31H37N3O3/c1-25(26-11-5-2-6-12-26)34(19-17-29(35)32-18-20-33-21-23-37-24-22-33)31(36)30(27-13-7-3-8-14-27)28-15-9-4-10-16-28/h2-16,25,30H,17-24H2,1H3,(H,32,35). The molecule has 0 saturated carbocycles. The zero-order chi connectivity index (χ0) is 25.9. The third kappa shape index (κ3) is 7.51. The van der Waals surface area contributed by atoms with Crippen LogP contribution in [0.1, 0.15) is 42.0 Å². The average Bonchev–Trinajstić information content (AvgIpc) is 2.95. The summed E-state index contributed by atoms with van der Waals surface area (Å²) in [6.07, 6.45) is 0.252. The number of carbonyl (C=O) groups excluding carboxylic acids is 2. The van der Waals surface area contributed by atoms with Crippen molar-refractivity contribution < 1.29 is 14.3 Å². The van der Waals surface area contributed by atoms with Gasteiger partial charge in [0.25, 0.3) is 0 Å². The molecule has 1 heterocycles. The lowest BCUT2D eigenvalue weighted by molar-refractivity contribution is -0.134. The van der Waals surface area contributed by atoms with E-state index < -0.39 is 5.92 Å². The van der Waals surface area contributed by atoms with E-state index in [4.69, 9.17) is 4.74 Å². The van der Waals surface area contributed by atoms with E-state index in [-0.39, 0.29) is 24.3 Å². The fourth-order valence-electron chi connectivity index (χ4n) is 4.83. The van der Waals surface area contributed by atoms with Crippen LogP contribution in [0.4, 0.5) is 0 Å². The first kappa shape index (κ1) is 26.6. The molecule has 0 bridgehead atoms. The molecule has 6 nitrogen and oxygen atoms in total. The molecule has 1 unspecified atom stereocenters. The van der Waals surface area contributed by atoms with E-state index in [2.05, 4.69) is 10.2 Å². The number of nitrogens with zero attached hydrogens (tertiary/aromatic N) is 2. The highest BCUT2D eigenvalue weighted by Gasteiger charge is 2.31. The van der Waals surface area contributed by atoms with Crippen LogP contribution in [0.15, 0.2) is 91.0 Å². The highest BCUT2D eigenvalue weighted by molar-refractivity contribution is 5.88. The van der Waals surface area contributed by atoms with Crippen LogP contribution in [0.25, 0.3) is 0 Å². The maximum atomic E-state index is 14.3. The van der Waals surface area contributed by atoms with Crippen LogP contribution in [-0.4, -0.2) is 67.6 Å². The molecule has 0 aromatic heterocycles. The van der Waals surface area contributed by atoms with Crippen LogP contribution in [0.3, 0.4) is 0 Å². The topological polar surface area (TPSA) is 61.9 Å². The van der Waals surface area contributed by atoms with Crippen LogP contribution in [0, 0.1) is 0 Å². The number of hydrogen-bond donors (Lipinski definition) is 1. The zero-order valence-corrected chi connectivity index (χ0v) is 21.6. The Kier molecular flexibility index (Phi) is 9.86. The maximum absolute atomic E-state index is 14.3. The lowest BCUT2D eigenvalue weighted by Crippen LogP contribution is -2.42. The Morgan fingerprint density at radius 1 is 0.838 bits per heavy atom. The fourth-order valence-corrected chi connectivity index (χ4v) is 4.83. The van der Waals surface area contributed by atoms with Gasteiger partial charge >= 0.3 is 0 Å². The van der Waals surface area contributed by atoms with Crippen LogP contribution in [-0.2, 0) is 14.3 Å². The Bertz CT molecular complexity index is 1060. The Balaban J connectivity index is 1.50. The van der Waals surface area contributed by atoms with Gasteiger partial charge in [-0.3, -0.25) is 14.5 Å². The smallest absolute Gasteiger partial charge is 0.235 e. The molecule has 1 fully saturated rings. The maximum Gasteiger partial charge on any atom is 0.235 e. The van der Waals surface area contributed by atoms with Gasteiger partial charge < -0.3 is 15.0 Å². The minimum absolute atomic E-state index is 0.00475. The minimum atomic E-state index is -0.446. The normalized spacial score (nSPS) is 14.8. The van der Waals surface area contributed by atoms with E-state index in [1.807, 2.05) is 103 Å². The van der Waals surface area contributed by atoms with Crippen molar-refractivity contribution >= 4 is 11.8 Å². The van der Waals surface area contributed by atoms with Crippen LogP contribution >= 0.6 is 0 Å². The van der Waals surface area contributed by atoms with Gasteiger partial charge in [0.15, 0.2) is 0 Å². The van der Waals surface area contributed by atoms with Crippen molar-refractivity contribution in [2.75, 3.05) is 45.9 Å². The second-order valence-electron chi connectivity index (χ2n) is 9.43. The second-order valence-corrected chi connectivity index (χ2v) is 9.43. The van der Waals surface area contributed by atoms with Gasteiger partial charge in [-0.2, -0.15) is 0 Å². The minimum Gasteiger partial charge on any atom is -0.379 e. The quantitative estimate of drug-likeness (QED) is 0.429. The molecular weight excluding hydrogens is 462 g/mol. The summed E-state index contributed by atoms with van der Waals surface area (Å²) in [5.74, 6) is -0.491. The van der Waals surface area contributed by atoms with Gasteiger partial charge in [-0.15, -0.1) is 0 Å². The molecular formula is C31H37N3O3. The highest BCUT2D eigenvalue weighted by atomic mass is 16.5. The zero-order valence-electron chi connectivity index (χ0n) is 21.6. The number of amides is 2. The molecule has 0 radical (unpaired) electrons. The molecule has 194 valence electrons. The number of rotatable bonds is 11. The highest BCUT2D eigenvalue weighted by Crippen LogP contribution is 2.31. The van der Waals surface area contributed by atoms with E-state index in [0.717, 1.165) is 49.5 Å². The fraction of sp³-hybridized carbons (Fsp3) is 0.355. The summed E-state index contributed by atoms with van der Waals surface area (Å²) in [5.41, 5.74) is 2.93. The first-order valence-corrected chi connectivity index (χ1v) is 13.2. The first-order valence-electron chi connectivity index (χ1n) is 13.2. The molecule has 1 aliphatic heterocycles. The predicted molar refractivity (Wildman–Crippen MR) is 146 cm³/mol. The molecule has 3 aromatic rings. The van der Waals surface area contributed by atoms with Crippen LogP contribution in [0.5, 0.6) is 0 Å². The lowest BCUT2D eigenvalue weighted by atomic mass is 9.89. The molecule has 1 atom stereocenters. The SMILES string of the molecule is CC(c1ccccc1)N(CCC(=O)NCCN1CCOCC1)C(=O)C(c1ccccc1)c1ccccc1. The van der Waals surface area contributed by atoms with Gasteiger partial charge in [0.2, 0.25) is 11.8 Å². The lowest BCUT2D eigenvalue weighted by Gasteiger charge is -2.33. The molecule has 37 heavy (non-hydrogen) atoms. The summed E-state index contributed by atoms with van der Waals surface area (Å²) in [5, 5.41) is 3.04. The van der Waals surface area contributed by atoms with Gasteiger partial charge in [-0.25, -0.2) is 0 Å². The Hall–Kier alpha value is -3.48. The van der Waals surface area contributed by atoms with Gasteiger partial charge in [0.05, 0.1) is 25.2 Å². The van der Waals surface area contributed by atoms with Crippen molar-refractivity contribution in [2.24, 2.45) is 0 Å². The van der Waals surface area contributed by atoms with Crippen LogP contribution < -0.4 is 5.32 Å². The van der Waals surface area contributed by atoms with Crippen molar-refractivity contribution in [1.82, 2.24) is 15.1 Å². The van der Waals surface area contributed by atoms with Gasteiger partial charge in [0, 0.05) is 39.1 Å². The van der Waals surface area contributed by atoms with Crippen molar-refractivity contribution in [1.29, 1.82) is 0 Å². The number of morpholine rings is 1. The van der Waals surface area contributed by atoms with Crippen molar-refractivity contribution in [2.45, 2.75) is 25.3 Å². The van der Waals surface area contributed by atoms with Crippen molar-refractivity contribution in [3.05, 3.63) is 108 Å². The summed E-state index contributed by atoms with van der Waals surface area (Å²) in [7, 11) is 0. The third-order valence-corrected chi connectivity index (χ3v) is 6.98. The van der Waals surface area contributed by atoms with Gasteiger partial charge in [0.1, 0.15) is 0 Å². The Morgan fingerprint density at radius 3 is 1.89 bits per heavy atom. The van der Waals surface area contributed by atoms with Crippen molar-refractivity contribution in [3.63, 3.8) is 0 Å². The summed E-state index contributed by atoms with van der Waals surface area (Å²) in [4.78, 5) is 31.2. The van der Waals surface area contributed by atoms with E-state index in [1.165, 1.54) is 0 Å². The summed E-state index contributed by atoms with van der Waals surface area (Å²) in [6, 6.07) is 29.6. The van der Waals surface area contributed by atoms with Crippen molar-refractivity contribution in [3.8, 4) is 0 Å². The van der Waals surface area contributed by atoms with E-state index in [1.54, 1.807) is 0 Å². The molecule has 0 aliphatic carbocycles. The molecule has 0 spiro atoms. The van der Waals surface area contributed by atoms with Gasteiger partial charge in [-0.1, -0.05) is 91.0 Å². The summed E-state index contributed by atoms with van der Waals surface area (Å²) >= 11 is 0. The number of nitrogens with one attached hydrogen (secondary N) is 1. The van der Waals surface area contributed by atoms with E-state index in [9.17, 15) is 9.59 Å². The molecule has 4 rings (SSSR count). The summed E-state index contributed by atoms with van der Waals surface area (Å²) in [6.45, 7) is 7.06. The second kappa shape index (κ2) is 13.7. The molecule has 1 aliphatic rings. The van der Waals surface area contributed by atoms with Gasteiger partial charge in [-0.05, 0) is 23.6 Å². The number of ether oxygens (including phenoxy) is 1. The van der Waals surface area contributed by atoms with E-state index in [0.29, 0.717) is 13.1 Å². The largest absolute Gasteiger partial charge is 0.379 e. The molecule has 1 N–H and O–H groups in total.